The van der Waals surface area contributed by atoms with Crippen molar-refractivity contribution in [3.05, 3.63) is 47.4 Å². The van der Waals surface area contributed by atoms with Gasteiger partial charge in [0.1, 0.15) is 12.1 Å². The third-order valence-corrected chi connectivity index (χ3v) is 7.85. The molecule has 3 N–H and O–H groups in total. The van der Waals surface area contributed by atoms with Crippen LogP contribution in [0, 0.1) is 12.7 Å². The first-order chi connectivity index (χ1) is 17.0. The number of hydrogen-bond donors (Lipinski definition) is 2. The van der Waals surface area contributed by atoms with Crippen LogP contribution in [0.25, 0.3) is 37.8 Å². The van der Waals surface area contributed by atoms with E-state index in [0.29, 0.717) is 46.4 Å². The lowest BCUT2D eigenvalue weighted by atomic mass is 9.95. The molecule has 0 radical (unpaired) electrons. The molecule has 7 nitrogen and oxygen atoms in total. The summed E-state index contributed by atoms with van der Waals surface area (Å²) in [5.74, 6) is -0.392. The molecule has 4 aromatic rings. The van der Waals surface area contributed by atoms with Crippen molar-refractivity contribution >= 4 is 43.2 Å². The average molecular weight is 491 g/mol. The summed E-state index contributed by atoms with van der Waals surface area (Å²) in [6, 6.07) is 8.25. The van der Waals surface area contributed by atoms with Crippen LogP contribution in [-0.4, -0.2) is 59.2 Å². The Morgan fingerprint density at radius 2 is 2.14 bits per heavy atom. The highest BCUT2D eigenvalue weighted by atomic mass is 32.1. The molecule has 1 fully saturated rings. The zero-order valence-electron chi connectivity index (χ0n) is 19.8. The van der Waals surface area contributed by atoms with Crippen LogP contribution in [0.15, 0.2) is 30.3 Å². The van der Waals surface area contributed by atoms with E-state index < -0.39 is 5.82 Å². The maximum atomic E-state index is 16.4. The van der Waals surface area contributed by atoms with Gasteiger partial charge in [-0.2, -0.15) is 9.97 Å². The van der Waals surface area contributed by atoms with Gasteiger partial charge in [0.25, 0.3) is 0 Å². The highest BCUT2D eigenvalue weighted by Crippen LogP contribution is 2.39. The summed E-state index contributed by atoms with van der Waals surface area (Å²) in [7, 11) is 2.10. The third-order valence-electron chi connectivity index (χ3n) is 7.00. The molecule has 2 aromatic heterocycles. The largest absolute Gasteiger partial charge is 0.462 e. The molecule has 0 spiro atoms. The number of thiazole rings is 1. The van der Waals surface area contributed by atoms with Crippen molar-refractivity contribution in [3.63, 3.8) is 0 Å². The number of fused-ring (bicyclic) bond motifs is 2. The number of likely N-dealkylation sites (tertiary alicyclic amines) is 1. The van der Waals surface area contributed by atoms with Crippen LogP contribution in [0.1, 0.15) is 24.1 Å². The number of nitrogens with two attached hydrogens (primary N) is 1. The number of hydrogen-bond acceptors (Lipinski definition) is 8. The SMILES string of the molecule is Cc1cc2c(C3=CCNC3)nc(OCC3CCCN3C)nc2c(F)c1-c1cccc2sc(N)nc12. The lowest BCUT2D eigenvalue weighted by molar-refractivity contribution is 0.188. The Morgan fingerprint density at radius 3 is 2.91 bits per heavy atom. The minimum absolute atomic E-state index is 0.213. The lowest BCUT2D eigenvalue weighted by Crippen LogP contribution is -2.31. The summed E-state index contributed by atoms with van der Waals surface area (Å²) in [4.78, 5) is 16.1. The number of benzene rings is 2. The maximum absolute atomic E-state index is 16.4. The number of para-hydroxylation sites is 1. The number of anilines is 1. The molecule has 0 bridgehead atoms. The number of nitrogens with one attached hydrogen (secondary N) is 1. The van der Waals surface area contributed by atoms with Gasteiger partial charge in [-0.3, -0.25) is 0 Å². The van der Waals surface area contributed by atoms with Crippen LogP contribution in [0.2, 0.25) is 0 Å². The minimum atomic E-state index is -0.392. The Hall–Kier alpha value is -3.14. The Kier molecular flexibility index (Phi) is 5.63. The molecule has 6 rings (SSSR count). The van der Waals surface area contributed by atoms with Crippen LogP contribution in [-0.2, 0) is 0 Å². The fraction of sp³-hybridized carbons (Fsp3) is 0.346. The van der Waals surface area contributed by atoms with Crippen LogP contribution in [0.5, 0.6) is 6.01 Å². The lowest BCUT2D eigenvalue weighted by Gasteiger charge is -2.20. The monoisotopic (exact) mass is 490 g/mol. The topological polar surface area (TPSA) is 89.2 Å². The number of likely N-dealkylation sites (N-methyl/N-ethyl adjacent to an activating group) is 1. The zero-order valence-corrected chi connectivity index (χ0v) is 20.6. The van der Waals surface area contributed by atoms with Crippen molar-refractivity contribution in [1.82, 2.24) is 25.2 Å². The normalized spacial score (nSPS) is 18.6. The van der Waals surface area contributed by atoms with Crippen LogP contribution >= 0.6 is 11.3 Å². The van der Waals surface area contributed by atoms with Gasteiger partial charge in [-0.15, -0.1) is 0 Å². The standard InChI is InChI=1S/C26H27FN6OS/c1-14-11-18-22(15-8-9-29-12-15)31-26(34-13-16-5-4-10-33(16)2)32-24(18)21(27)20(14)17-6-3-7-19-23(17)30-25(28)35-19/h3,6-8,11,16,29H,4-5,9-10,12-13H2,1-2H3,(H2,28,30). The molecular weight excluding hydrogens is 463 g/mol. The Bertz CT molecular complexity index is 1480. The summed E-state index contributed by atoms with van der Waals surface area (Å²) in [5, 5.41) is 4.46. The van der Waals surface area contributed by atoms with Crippen LogP contribution < -0.4 is 15.8 Å². The molecule has 2 aliphatic rings. The van der Waals surface area contributed by atoms with Gasteiger partial charge >= 0.3 is 6.01 Å². The zero-order chi connectivity index (χ0) is 24.1. The van der Waals surface area contributed by atoms with Gasteiger partial charge < -0.3 is 20.7 Å². The molecule has 2 aliphatic heterocycles. The molecule has 0 saturated carbocycles. The summed E-state index contributed by atoms with van der Waals surface area (Å²) < 4.78 is 23.3. The molecule has 0 aliphatic carbocycles. The minimum Gasteiger partial charge on any atom is -0.462 e. The van der Waals surface area contributed by atoms with Crippen molar-refractivity contribution in [2.24, 2.45) is 0 Å². The van der Waals surface area contributed by atoms with E-state index in [4.69, 9.17) is 15.5 Å². The number of nitrogens with zero attached hydrogens (tertiary/aromatic N) is 4. The predicted octanol–water partition coefficient (Wildman–Crippen LogP) is 4.40. The summed E-state index contributed by atoms with van der Waals surface area (Å²) in [5.41, 5.74) is 10.7. The predicted molar refractivity (Wildman–Crippen MR) is 139 cm³/mol. The van der Waals surface area contributed by atoms with E-state index in [-0.39, 0.29) is 11.5 Å². The van der Waals surface area contributed by atoms with Gasteiger partial charge in [0, 0.05) is 35.6 Å². The Balaban J connectivity index is 1.52. The first kappa shape index (κ1) is 22.3. The number of aromatic nitrogens is 3. The fourth-order valence-corrected chi connectivity index (χ4v) is 5.92. The second-order valence-corrected chi connectivity index (χ2v) is 10.3. The van der Waals surface area contributed by atoms with Gasteiger partial charge in [-0.05, 0) is 56.6 Å². The smallest absolute Gasteiger partial charge is 0.317 e. The van der Waals surface area contributed by atoms with Crippen LogP contribution in [0.3, 0.4) is 0 Å². The van der Waals surface area contributed by atoms with Gasteiger partial charge in [0.05, 0.1) is 15.9 Å². The van der Waals surface area contributed by atoms with Crippen molar-refractivity contribution in [2.75, 3.05) is 39.0 Å². The highest BCUT2D eigenvalue weighted by Gasteiger charge is 2.25. The quantitative estimate of drug-likeness (QED) is 0.429. The summed E-state index contributed by atoms with van der Waals surface area (Å²) >= 11 is 1.40. The number of nitrogen functional groups attached to an aromatic ring is 1. The fourth-order valence-electron chi connectivity index (χ4n) is 5.16. The molecule has 0 amide bonds. The van der Waals surface area contributed by atoms with Crippen molar-refractivity contribution in [2.45, 2.75) is 25.8 Å². The molecule has 1 unspecified atom stereocenters. The van der Waals surface area contributed by atoms with Gasteiger partial charge in [-0.25, -0.2) is 9.37 Å². The highest BCUT2D eigenvalue weighted by molar-refractivity contribution is 7.22. The first-order valence-corrected chi connectivity index (χ1v) is 12.7. The van der Waals surface area contributed by atoms with E-state index in [0.717, 1.165) is 47.5 Å². The average Bonchev–Trinajstić information content (AvgIpc) is 3.59. The molecule has 4 heterocycles. The molecular formula is C26H27FN6OS. The van der Waals surface area contributed by atoms with E-state index in [9.17, 15) is 0 Å². The van der Waals surface area contributed by atoms with Gasteiger partial charge in [0.15, 0.2) is 10.9 Å². The molecule has 1 atom stereocenters. The Labute approximate surface area is 206 Å². The van der Waals surface area contributed by atoms with Crippen molar-refractivity contribution in [1.29, 1.82) is 0 Å². The molecule has 1 saturated heterocycles. The molecule has 180 valence electrons. The number of halogens is 1. The third kappa shape index (κ3) is 3.93. The van der Waals surface area contributed by atoms with Crippen LogP contribution in [0.4, 0.5) is 9.52 Å². The maximum Gasteiger partial charge on any atom is 0.317 e. The Morgan fingerprint density at radius 1 is 1.26 bits per heavy atom. The second kappa shape index (κ2) is 8.82. The molecule has 9 heteroatoms. The first-order valence-electron chi connectivity index (χ1n) is 11.9. The van der Waals surface area contributed by atoms with E-state index in [1.165, 1.54) is 11.3 Å². The number of rotatable bonds is 5. The van der Waals surface area contributed by atoms with E-state index in [2.05, 4.69) is 33.3 Å². The van der Waals surface area contributed by atoms with Crippen molar-refractivity contribution < 1.29 is 9.13 Å². The number of ether oxygens (including phenoxy) is 1. The van der Waals surface area contributed by atoms with E-state index in [1.54, 1.807) is 0 Å². The molecule has 35 heavy (non-hydrogen) atoms. The number of aryl methyl sites for hydroxylation is 1. The summed E-state index contributed by atoms with van der Waals surface area (Å²) in [6.45, 7) is 4.89. The van der Waals surface area contributed by atoms with E-state index >= 15 is 4.39 Å². The van der Waals surface area contributed by atoms with Gasteiger partial charge in [-0.1, -0.05) is 29.5 Å². The van der Waals surface area contributed by atoms with Crippen molar-refractivity contribution in [3.8, 4) is 17.1 Å². The van der Waals surface area contributed by atoms with Gasteiger partial charge in [0.2, 0.25) is 0 Å². The van der Waals surface area contributed by atoms with E-state index in [1.807, 2.05) is 31.2 Å². The second-order valence-electron chi connectivity index (χ2n) is 9.29. The molecule has 2 aromatic carbocycles. The summed E-state index contributed by atoms with van der Waals surface area (Å²) in [6.07, 6.45) is 4.32.